The van der Waals surface area contributed by atoms with Crippen LogP contribution in [-0.2, 0) is 6.42 Å². The number of ether oxygens (including phenoxy) is 1. The van der Waals surface area contributed by atoms with Crippen LogP contribution in [0.3, 0.4) is 0 Å². The molecule has 3 nitrogen and oxygen atoms in total. The number of methoxy groups -OCH3 is 1. The van der Waals surface area contributed by atoms with Crippen molar-refractivity contribution in [2.24, 2.45) is 0 Å². The summed E-state index contributed by atoms with van der Waals surface area (Å²) in [5, 5.41) is 0. The summed E-state index contributed by atoms with van der Waals surface area (Å²) >= 11 is 0. The predicted octanol–water partition coefficient (Wildman–Crippen LogP) is 3.23. The molecule has 0 heterocycles. The van der Waals surface area contributed by atoms with E-state index >= 15 is 0 Å². The Kier molecular flexibility index (Phi) is 4.35. The monoisotopic (exact) mass is 273 g/mol. The number of nitrogen functional groups attached to an aromatic ring is 1. The van der Waals surface area contributed by atoms with Gasteiger partial charge >= 0.3 is 0 Å². The summed E-state index contributed by atoms with van der Waals surface area (Å²) in [6.07, 6.45) is 0.849. The van der Waals surface area contributed by atoms with Crippen LogP contribution < -0.4 is 10.5 Å². The van der Waals surface area contributed by atoms with Crippen LogP contribution >= 0.6 is 0 Å². The summed E-state index contributed by atoms with van der Waals surface area (Å²) in [6, 6.07) is 11.0. The van der Waals surface area contributed by atoms with E-state index in [1.807, 2.05) is 12.1 Å². The summed E-state index contributed by atoms with van der Waals surface area (Å²) in [5.74, 6) is 0.225. The number of Topliss-reactive ketones (excluding diaryl/α,β-unsaturated/α-hetero) is 1. The van der Waals surface area contributed by atoms with Crippen molar-refractivity contribution in [2.75, 3.05) is 12.8 Å². The van der Waals surface area contributed by atoms with Crippen molar-refractivity contribution in [1.29, 1.82) is 0 Å². The van der Waals surface area contributed by atoms with Gasteiger partial charge in [0, 0.05) is 12.0 Å². The Labute approximate surface area is 117 Å². The average Bonchev–Trinajstić information content (AvgIpc) is 2.46. The van der Waals surface area contributed by atoms with Gasteiger partial charge in [-0.05, 0) is 42.3 Å². The first-order chi connectivity index (χ1) is 9.61. The van der Waals surface area contributed by atoms with Gasteiger partial charge in [0.25, 0.3) is 0 Å². The zero-order chi connectivity index (χ0) is 14.5. The first-order valence-corrected chi connectivity index (χ1v) is 6.32. The van der Waals surface area contributed by atoms with Crippen molar-refractivity contribution in [1.82, 2.24) is 0 Å². The lowest BCUT2D eigenvalue weighted by Crippen LogP contribution is -2.04. The Morgan fingerprint density at radius 2 is 1.90 bits per heavy atom. The molecular weight excluding hydrogens is 257 g/mol. The molecule has 0 aliphatic carbocycles. The van der Waals surface area contributed by atoms with Crippen molar-refractivity contribution in [3.05, 3.63) is 59.4 Å². The van der Waals surface area contributed by atoms with Gasteiger partial charge in [-0.3, -0.25) is 4.79 Å². The fourth-order valence-electron chi connectivity index (χ4n) is 2.01. The minimum absolute atomic E-state index is 0.0350. The van der Waals surface area contributed by atoms with Crippen LogP contribution in [0.2, 0.25) is 0 Å². The Morgan fingerprint density at radius 1 is 1.20 bits per heavy atom. The van der Waals surface area contributed by atoms with Gasteiger partial charge in [0.2, 0.25) is 0 Å². The van der Waals surface area contributed by atoms with Crippen LogP contribution in [0.15, 0.2) is 42.5 Å². The van der Waals surface area contributed by atoms with E-state index in [4.69, 9.17) is 10.5 Å². The van der Waals surface area contributed by atoms with E-state index in [9.17, 15) is 9.18 Å². The molecular formula is C16H16FNO2. The van der Waals surface area contributed by atoms with Gasteiger partial charge in [-0.15, -0.1) is 0 Å². The molecule has 20 heavy (non-hydrogen) atoms. The van der Waals surface area contributed by atoms with Crippen molar-refractivity contribution >= 4 is 11.5 Å². The summed E-state index contributed by atoms with van der Waals surface area (Å²) in [7, 11) is 1.55. The summed E-state index contributed by atoms with van der Waals surface area (Å²) in [6.45, 7) is 0. The normalized spacial score (nSPS) is 10.3. The largest absolute Gasteiger partial charge is 0.495 e. The second-order valence-corrected chi connectivity index (χ2v) is 4.46. The molecule has 0 aliphatic heterocycles. The third-order valence-corrected chi connectivity index (χ3v) is 3.16. The second-order valence-electron chi connectivity index (χ2n) is 4.46. The van der Waals surface area contributed by atoms with Crippen molar-refractivity contribution < 1.29 is 13.9 Å². The van der Waals surface area contributed by atoms with Crippen LogP contribution in [0, 0.1) is 5.82 Å². The first-order valence-electron chi connectivity index (χ1n) is 6.32. The Bertz CT molecular complexity index is 608. The number of para-hydroxylation sites is 1. The van der Waals surface area contributed by atoms with E-state index in [0.29, 0.717) is 29.8 Å². The lowest BCUT2D eigenvalue weighted by Gasteiger charge is -2.09. The van der Waals surface area contributed by atoms with Crippen LogP contribution in [-0.4, -0.2) is 12.9 Å². The van der Waals surface area contributed by atoms with Crippen LogP contribution in [0.25, 0.3) is 0 Å². The molecule has 0 saturated carbocycles. The number of ketones is 1. The van der Waals surface area contributed by atoms with Gasteiger partial charge in [0.05, 0.1) is 12.8 Å². The molecule has 0 unspecified atom stereocenters. The lowest BCUT2D eigenvalue weighted by atomic mass is 10.0. The number of benzene rings is 2. The van der Waals surface area contributed by atoms with Gasteiger partial charge in [-0.1, -0.05) is 12.1 Å². The van der Waals surface area contributed by atoms with E-state index in [-0.39, 0.29) is 11.6 Å². The Balaban J connectivity index is 2.05. The predicted molar refractivity (Wildman–Crippen MR) is 76.5 cm³/mol. The lowest BCUT2D eigenvalue weighted by molar-refractivity contribution is 0.0983. The maximum Gasteiger partial charge on any atom is 0.163 e. The van der Waals surface area contributed by atoms with Gasteiger partial charge in [0.15, 0.2) is 5.78 Å². The SMILES string of the molecule is COc1cccc(CCC(=O)c2ccc(F)cc2)c1N. The number of aryl methyl sites for hydroxylation is 1. The van der Waals surface area contributed by atoms with E-state index < -0.39 is 0 Å². The third-order valence-electron chi connectivity index (χ3n) is 3.16. The molecule has 0 saturated heterocycles. The molecule has 0 amide bonds. The Morgan fingerprint density at radius 3 is 2.55 bits per heavy atom. The number of nitrogens with two attached hydrogens (primary N) is 1. The number of carbonyl (C=O) groups is 1. The van der Waals surface area contributed by atoms with E-state index in [1.54, 1.807) is 13.2 Å². The first kappa shape index (κ1) is 14.1. The quantitative estimate of drug-likeness (QED) is 0.672. The van der Waals surface area contributed by atoms with Crippen LogP contribution in [0.5, 0.6) is 5.75 Å². The summed E-state index contributed by atoms with van der Waals surface area (Å²) in [5.41, 5.74) is 7.89. The van der Waals surface area contributed by atoms with Crippen LogP contribution in [0.4, 0.5) is 10.1 Å². The fourth-order valence-corrected chi connectivity index (χ4v) is 2.01. The smallest absolute Gasteiger partial charge is 0.163 e. The number of carbonyl (C=O) groups excluding carboxylic acids is 1. The minimum atomic E-state index is -0.349. The number of hydrogen-bond acceptors (Lipinski definition) is 3. The molecule has 2 N–H and O–H groups in total. The molecule has 2 aromatic carbocycles. The molecule has 0 bridgehead atoms. The van der Waals surface area contributed by atoms with Gasteiger partial charge < -0.3 is 10.5 Å². The molecule has 2 rings (SSSR count). The Hall–Kier alpha value is -2.36. The highest BCUT2D eigenvalue weighted by Gasteiger charge is 2.09. The molecule has 0 aromatic heterocycles. The highest BCUT2D eigenvalue weighted by Crippen LogP contribution is 2.26. The van der Waals surface area contributed by atoms with E-state index in [0.717, 1.165) is 5.56 Å². The maximum atomic E-state index is 12.8. The molecule has 104 valence electrons. The molecule has 0 radical (unpaired) electrons. The molecule has 0 aliphatic rings. The zero-order valence-electron chi connectivity index (χ0n) is 11.2. The topological polar surface area (TPSA) is 52.3 Å². The second kappa shape index (κ2) is 6.19. The highest BCUT2D eigenvalue weighted by atomic mass is 19.1. The van der Waals surface area contributed by atoms with Gasteiger partial charge in [0.1, 0.15) is 11.6 Å². The minimum Gasteiger partial charge on any atom is -0.495 e. The highest BCUT2D eigenvalue weighted by molar-refractivity contribution is 5.96. The number of rotatable bonds is 5. The van der Waals surface area contributed by atoms with Crippen molar-refractivity contribution in [2.45, 2.75) is 12.8 Å². The van der Waals surface area contributed by atoms with Gasteiger partial charge in [-0.2, -0.15) is 0 Å². The van der Waals surface area contributed by atoms with Crippen LogP contribution in [0.1, 0.15) is 22.3 Å². The molecule has 0 spiro atoms. The molecule has 2 aromatic rings. The van der Waals surface area contributed by atoms with E-state index in [2.05, 4.69) is 0 Å². The zero-order valence-corrected chi connectivity index (χ0v) is 11.2. The molecule has 0 atom stereocenters. The number of anilines is 1. The molecule has 4 heteroatoms. The fraction of sp³-hybridized carbons (Fsp3) is 0.188. The standard InChI is InChI=1S/C16H16FNO2/c1-20-15-4-2-3-12(16(15)18)7-10-14(19)11-5-8-13(17)9-6-11/h2-6,8-9H,7,10,18H2,1H3. The van der Waals surface area contributed by atoms with Crippen molar-refractivity contribution in [3.8, 4) is 5.75 Å². The third kappa shape index (κ3) is 3.15. The maximum absolute atomic E-state index is 12.8. The van der Waals surface area contributed by atoms with Crippen molar-refractivity contribution in [3.63, 3.8) is 0 Å². The summed E-state index contributed by atoms with van der Waals surface area (Å²) < 4.78 is 17.9. The average molecular weight is 273 g/mol. The van der Waals surface area contributed by atoms with E-state index in [1.165, 1.54) is 24.3 Å². The molecule has 0 fully saturated rings. The number of halogens is 1. The number of hydrogen-bond donors (Lipinski definition) is 1. The summed E-state index contributed by atoms with van der Waals surface area (Å²) in [4.78, 5) is 12.0. The van der Waals surface area contributed by atoms with Gasteiger partial charge in [-0.25, -0.2) is 4.39 Å².